The highest BCUT2D eigenvalue weighted by atomic mass is 32.1. The molecule has 1 aromatic heterocycles. The first-order valence-corrected chi connectivity index (χ1v) is 11.2. The van der Waals surface area contributed by atoms with Gasteiger partial charge in [-0.25, -0.2) is 4.39 Å². The van der Waals surface area contributed by atoms with Gasteiger partial charge in [-0.05, 0) is 54.3 Å². The van der Waals surface area contributed by atoms with Gasteiger partial charge in [0.05, 0.1) is 18.9 Å². The third-order valence-corrected chi connectivity index (χ3v) is 7.68. The summed E-state index contributed by atoms with van der Waals surface area (Å²) in [6, 6.07) is 14.5. The molecule has 2 aromatic carbocycles. The Labute approximate surface area is 157 Å². The van der Waals surface area contributed by atoms with Gasteiger partial charge in [0.25, 0.3) is 0 Å². The van der Waals surface area contributed by atoms with Crippen LogP contribution in [-0.2, 0) is 20.0 Å². The molecule has 1 heterocycles. The normalized spacial score (nSPS) is 13.2. The number of rotatable bonds is 8. The molecule has 1 atom stereocenters. The van der Waals surface area contributed by atoms with Gasteiger partial charge in [-0.1, -0.05) is 36.4 Å². The molecule has 3 nitrogen and oxygen atoms in total. The first-order chi connectivity index (χ1) is 12.6. The van der Waals surface area contributed by atoms with Crippen molar-refractivity contribution in [1.29, 1.82) is 0 Å². The van der Waals surface area contributed by atoms with Gasteiger partial charge >= 0.3 is 7.60 Å². The molecule has 1 unspecified atom stereocenters. The van der Waals surface area contributed by atoms with Crippen LogP contribution in [0.15, 0.2) is 53.9 Å². The van der Waals surface area contributed by atoms with Crippen LogP contribution in [0.25, 0.3) is 10.1 Å². The molecule has 0 fully saturated rings. The number of thiophene rings is 1. The Morgan fingerprint density at radius 2 is 1.69 bits per heavy atom. The molecular formula is C20H22FO3PS. The highest BCUT2D eigenvalue weighted by molar-refractivity contribution is 7.54. The Morgan fingerprint density at radius 1 is 1.04 bits per heavy atom. The van der Waals surface area contributed by atoms with E-state index >= 15 is 0 Å². The largest absolute Gasteiger partial charge is 0.338 e. The van der Waals surface area contributed by atoms with Crippen molar-refractivity contribution < 1.29 is 18.0 Å². The van der Waals surface area contributed by atoms with Crippen LogP contribution in [0, 0.1) is 5.82 Å². The van der Waals surface area contributed by atoms with Gasteiger partial charge in [0.1, 0.15) is 5.82 Å². The Hall–Kier alpha value is -1.52. The summed E-state index contributed by atoms with van der Waals surface area (Å²) >= 11 is 1.58. The minimum Gasteiger partial charge on any atom is -0.308 e. The first kappa shape index (κ1) is 19.2. The first-order valence-electron chi connectivity index (χ1n) is 8.67. The Bertz CT molecular complexity index is 914. The molecule has 0 aliphatic carbocycles. The zero-order valence-electron chi connectivity index (χ0n) is 14.9. The quantitative estimate of drug-likeness (QED) is 0.406. The zero-order valence-corrected chi connectivity index (χ0v) is 16.6. The predicted molar refractivity (Wildman–Crippen MR) is 106 cm³/mol. The Morgan fingerprint density at radius 3 is 2.38 bits per heavy atom. The van der Waals surface area contributed by atoms with Crippen LogP contribution >= 0.6 is 18.9 Å². The standard InChI is InChI=1S/C20H22FO3PS/c1-3-23-25(22,24-4-2)19(13-15-9-5-7-11-18(15)21)17-14-26-20-12-8-6-10-16(17)20/h5-12,14,19H,3-4,13H2,1-2H3. The van der Waals surface area contributed by atoms with E-state index in [-0.39, 0.29) is 25.5 Å². The van der Waals surface area contributed by atoms with Crippen LogP contribution in [0.3, 0.4) is 0 Å². The average Bonchev–Trinajstić information content (AvgIpc) is 3.05. The molecule has 3 aromatic rings. The van der Waals surface area contributed by atoms with E-state index < -0.39 is 13.3 Å². The monoisotopic (exact) mass is 392 g/mol. The molecule has 0 radical (unpaired) electrons. The van der Waals surface area contributed by atoms with E-state index in [1.165, 1.54) is 6.07 Å². The second-order valence-corrected chi connectivity index (χ2v) is 9.00. The molecule has 138 valence electrons. The number of hydrogen-bond donors (Lipinski definition) is 0. The summed E-state index contributed by atoms with van der Waals surface area (Å²) in [6.45, 7) is 4.12. The van der Waals surface area contributed by atoms with Gasteiger partial charge in [-0.3, -0.25) is 4.57 Å². The van der Waals surface area contributed by atoms with Crippen molar-refractivity contribution in [1.82, 2.24) is 0 Å². The van der Waals surface area contributed by atoms with Crippen molar-refractivity contribution in [2.24, 2.45) is 0 Å². The molecule has 0 aliphatic rings. The summed E-state index contributed by atoms with van der Waals surface area (Å²) < 4.78 is 40.3. The molecule has 0 aliphatic heterocycles. The van der Waals surface area contributed by atoms with Crippen LogP contribution in [0.5, 0.6) is 0 Å². The topological polar surface area (TPSA) is 35.5 Å². The third kappa shape index (κ3) is 3.91. The average molecular weight is 392 g/mol. The summed E-state index contributed by atoms with van der Waals surface area (Å²) in [5, 5.41) is 3.00. The number of fused-ring (bicyclic) bond motifs is 1. The van der Waals surface area contributed by atoms with Gasteiger partial charge in [0, 0.05) is 4.70 Å². The van der Waals surface area contributed by atoms with Gasteiger partial charge < -0.3 is 9.05 Å². The molecule has 0 N–H and O–H groups in total. The van der Waals surface area contributed by atoms with Crippen molar-refractivity contribution in [2.75, 3.05) is 13.2 Å². The molecule has 0 amide bonds. The summed E-state index contributed by atoms with van der Waals surface area (Å²) in [6.07, 6.45) is 0.255. The van der Waals surface area contributed by atoms with Crippen LogP contribution in [0.4, 0.5) is 4.39 Å². The second-order valence-electron chi connectivity index (χ2n) is 5.87. The fraction of sp³-hybridized carbons (Fsp3) is 0.300. The molecule has 6 heteroatoms. The van der Waals surface area contributed by atoms with Crippen LogP contribution < -0.4 is 0 Å². The van der Waals surface area contributed by atoms with Crippen LogP contribution in [-0.4, -0.2) is 13.2 Å². The van der Waals surface area contributed by atoms with Crippen molar-refractivity contribution in [3.05, 3.63) is 70.9 Å². The van der Waals surface area contributed by atoms with Crippen LogP contribution in [0.1, 0.15) is 30.6 Å². The Kier molecular flexibility index (Phi) is 6.25. The summed E-state index contributed by atoms with van der Waals surface area (Å²) in [5.74, 6) is -0.309. The maximum Gasteiger partial charge on any atom is 0.338 e. The highest BCUT2D eigenvalue weighted by Gasteiger charge is 2.38. The molecule has 26 heavy (non-hydrogen) atoms. The van der Waals surface area contributed by atoms with Crippen LogP contribution in [0.2, 0.25) is 0 Å². The number of hydrogen-bond acceptors (Lipinski definition) is 4. The lowest BCUT2D eigenvalue weighted by Crippen LogP contribution is -2.10. The molecule has 0 saturated heterocycles. The lowest BCUT2D eigenvalue weighted by molar-refractivity contribution is 0.211. The Balaban J connectivity index is 2.12. The van der Waals surface area contributed by atoms with Gasteiger partial charge in [0.2, 0.25) is 0 Å². The highest BCUT2D eigenvalue weighted by Crippen LogP contribution is 2.63. The van der Waals surface area contributed by atoms with E-state index in [0.717, 1.165) is 15.6 Å². The molecule has 0 saturated carbocycles. The van der Waals surface area contributed by atoms with Gasteiger partial charge in [0.15, 0.2) is 0 Å². The molecule has 0 bridgehead atoms. The van der Waals surface area contributed by atoms with E-state index in [0.29, 0.717) is 5.56 Å². The van der Waals surface area contributed by atoms with Gasteiger partial charge in [-0.15, -0.1) is 11.3 Å². The lowest BCUT2D eigenvalue weighted by Gasteiger charge is -2.26. The van der Waals surface area contributed by atoms with Crippen molar-refractivity contribution in [3.63, 3.8) is 0 Å². The van der Waals surface area contributed by atoms with E-state index in [1.807, 2.05) is 29.6 Å². The van der Waals surface area contributed by atoms with Gasteiger partial charge in [-0.2, -0.15) is 0 Å². The predicted octanol–water partition coefficient (Wildman–Crippen LogP) is 6.59. The van der Waals surface area contributed by atoms with Crippen molar-refractivity contribution in [3.8, 4) is 0 Å². The summed E-state index contributed by atoms with van der Waals surface area (Å²) in [7, 11) is -3.47. The third-order valence-electron chi connectivity index (χ3n) is 4.24. The van der Waals surface area contributed by atoms with E-state index in [9.17, 15) is 8.96 Å². The summed E-state index contributed by atoms with van der Waals surface area (Å²) in [4.78, 5) is 0. The minimum absolute atomic E-state index is 0.255. The molecular weight excluding hydrogens is 370 g/mol. The summed E-state index contributed by atoms with van der Waals surface area (Å²) in [5.41, 5.74) is 0.835. The van der Waals surface area contributed by atoms with E-state index in [4.69, 9.17) is 9.05 Å². The van der Waals surface area contributed by atoms with E-state index in [2.05, 4.69) is 0 Å². The van der Waals surface area contributed by atoms with E-state index in [1.54, 1.807) is 43.4 Å². The fourth-order valence-electron chi connectivity index (χ4n) is 3.10. The van der Waals surface area contributed by atoms with Crippen molar-refractivity contribution >= 4 is 29.0 Å². The zero-order chi connectivity index (χ0) is 18.6. The lowest BCUT2D eigenvalue weighted by atomic mass is 10.0. The maximum atomic E-state index is 14.3. The maximum absolute atomic E-state index is 14.3. The smallest absolute Gasteiger partial charge is 0.308 e. The SMILES string of the molecule is CCOP(=O)(OCC)C(Cc1ccccc1F)c1csc2ccccc12. The molecule has 0 spiro atoms. The molecule has 3 rings (SSSR count). The minimum atomic E-state index is -3.47. The fourth-order valence-corrected chi connectivity index (χ4v) is 6.34. The second kappa shape index (κ2) is 8.45. The van der Waals surface area contributed by atoms with Crippen molar-refractivity contribution in [2.45, 2.75) is 25.9 Å². The number of benzene rings is 2. The number of halogens is 1.